The van der Waals surface area contributed by atoms with Crippen LogP contribution in [0.4, 0.5) is 18.9 Å². The molecule has 0 saturated heterocycles. The van der Waals surface area contributed by atoms with Gasteiger partial charge < -0.3 is 10.1 Å². The zero-order valence-corrected chi connectivity index (χ0v) is 19.6. The minimum Gasteiger partial charge on any atom is -0.466 e. The van der Waals surface area contributed by atoms with E-state index in [1.165, 1.54) is 24.8 Å². The van der Waals surface area contributed by atoms with Crippen molar-refractivity contribution in [1.29, 1.82) is 0 Å². The molecule has 0 radical (unpaired) electrons. The van der Waals surface area contributed by atoms with Crippen molar-refractivity contribution in [3.63, 3.8) is 0 Å². The third kappa shape index (κ3) is 7.74. The second-order valence-corrected chi connectivity index (χ2v) is 9.24. The van der Waals surface area contributed by atoms with E-state index in [-0.39, 0.29) is 28.4 Å². The number of anilines is 1. The van der Waals surface area contributed by atoms with Crippen molar-refractivity contribution in [2.75, 3.05) is 11.9 Å². The first-order valence-corrected chi connectivity index (χ1v) is 11.4. The van der Waals surface area contributed by atoms with Crippen molar-refractivity contribution in [3.05, 3.63) is 58.4 Å². The SMILES string of the molecule is CCC(CCC(C)COC(C)=O)Sc1cc(C(=O)Nc2cc(F)c(F)c(F)c2)ccc1Cl. The molecule has 0 aliphatic rings. The van der Waals surface area contributed by atoms with Gasteiger partial charge >= 0.3 is 5.97 Å². The maximum atomic E-state index is 13.4. The van der Waals surface area contributed by atoms with Gasteiger partial charge in [-0.05, 0) is 43.4 Å². The molecule has 174 valence electrons. The van der Waals surface area contributed by atoms with Gasteiger partial charge in [0, 0.05) is 40.5 Å². The molecule has 1 amide bonds. The maximum absolute atomic E-state index is 13.4. The van der Waals surface area contributed by atoms with E-state index in [0.717, 1.165) is 19.3 Å². The summed E-state index contributed by atoms with van der Waals surface area (Å²) in [5.74, 6) is -5.05. The molecular formula is C23H25ClF3NO3S. The summed E-state index contributed by atoms with van der Waals surface area (Å²) in [5.41, 5.74) is 0.0591. The van der Waals surface area contributed by atoms with Crippen LogP contribution in [0.5, 0.6) is 0 Å². The lowest BCUT2D eigenvalue weighted by Crippen LogP contribution is -2.13. The van der Waals surface area contributed by atoms with Gasteiger partial charge in [0.15, 0.2) is 17.5 Å². The Morgan fingerprint density at radius 1 is 1.12 bits per heavy atom. The average molecular weight is 488 g/mol. The summed E-state index contributed by atoms with van der Waals surface area (Å²) in [5, 5.41) is 3.08. The maximum Gasteiger partial charge on any atom is 0.302 e. The molecule has 0 saturated carbocycles. The Hall–Kier alpha value is -2.19. The number of nitrogens with one attached hydrogen (secondary N) is 1. The first kappa shape index (κ1) is 26.1. The van der Waals surface area contributed by atoms with Gasteiger partial charge in [0.2, 0.25) is 0 Å². The molecule has 0 bridgehead atoms. The fourth-order valence-corrected chi connectivity index (χ4v) is 4.31. The summed E-state index contributed by atoms with van der Waals surface area (Å²) in [4.78, 5) is 24.2. The van der Waals surface area contributed by atoms with Gasteiger partial charge in [-0.25, -0.2) is 13.2 Å². The Balaban J connectivity index is 2.05. The summed E-state index contributed by atoms with van der Waals surface area (Å²) in [6.45, 7) is 5.82. The zero-order chi connectivity index (χ0) is 23.8. The zero-order valence-electron chi connectivity index (χ0n) is 18.0. The first-order chi connectivity index (χ1) is 15.1. The highest BCUT2D eigenvalue weighted by atomic mass is 35.5. The van der Waals surface area contributed by atoms with Crippen LogP contribution in [0.15, 0.2) is 35.2 Å². The number of esters is 1. The number of amides is 1. The van der Waals surface area contributed by atoms with Crippen LogP contribution in [0.25, 0.3) is 0 Å². The second-order valence-electron chi connectivity index (χ2n) is 7.49. The van der Waals surface area contributed by atoms with E-state index in [1.54, 1.807) is 12.1 Å². The molecule has 2 atom stereocenters. The van der Waals surface area contributed by atoms with Crippen LogP contribution in [0.1, 0.15) is 50.4 Å². The lowest BCUT2D eigenvalue weighted by Gasteiger charge is -2.18. The number of ether oxygens (including phenoxy) is 1. The van der Waals surface area contributed by atoms with Crippen molar-refractivity contribution >= 4 is 40.9 Å². The number of carbonyl (C=O) groups excluding carboxylic acids is 2. The Labute approximate surface area is 194 Å². The smallest absolute Gasteiger partial charge is 0.302 e. The Kier molecular flexibility index (Phi) is 9.90. The minimum atomic E-state index is -1.60. The summed E-state index contributed by atoms with van der Waals surface area (Å²) in [7, 11) is 0. The third-order valence-electron chi connectivity index (χ3n) is 4.74. The number of hydrogen-bond donors (Lipinski definition) is 1. The van der Waals surface area contributed by atoms with Gasteiger partial charge in [-0.3, -0.25) is 9.59 Å². The molecule has 1 N–H and O–H groups in total. The van der Waals surface area contributed by atoms with Crippen LogP contribution in [0, 0.1) is 23.4 Å². The molecule has 2 aromatic carbocycles. The van der Waals surface area contributed by atoms with Crippen LogP contribution in [-0.2, 0) is 9.53 Å². The molecule has 0 aliphatic carbocycles. The molecule has 0 fully saturated rings. The van der Waals surface area contributed by atoms with Crippen molar-refractivity contribution in [2.24, 2.45) is 5.92 Å². The van der Waals surface area contributed by atoms with Gasteiger partial charge in [-0.2, -0.15) is 0 Å². The first-order valence-electron chi connectivity index (χ1n) is 10.2. The number of halogens is 4. The van der Waals surface area contributed by atoms with Crippen LogP contribution in [0.2, 0.25) is 5.02 Å². The Bertz CT molecular complexity index is 950. The quantitative estimate of drug-likeness (QED) is 0.226. The van der Waals surface area contributed by atoms with E-state index < -0.39 is 23.4 Å². The lowest BCUT2D eigenvalue weighted by molar-refractivity contribution is -0.142. The van der Waals surface area contributed by atoms with E-state index in [4.69, 9.17) is 16.3 Å². The molecule has 0 aliphatic heterocycles. The second kappa shape index (κ2) is 12.2. The van der Waals surface area contributed by atoms with E-state index in [0.29, 0.717) is 28.7 Å². The molecule has 2 rings (SSSR count). The van der Waals surface area contributed by atoms with Gasteiger partial charge in [-0.15, -0.1) is 11.8 Å². The Morgan fingerprint density at radius 3 is 2.38 bits per heavy atom. The highest BCUT2D eigenvalue weighted by molar-refractivity contribution is 8.00. The third-order valence-corrected chi connectivity index (χ3v) is 6.67. The number of rotatable bonds is 10. The number of hydrogen-bond acceptors (Lipinski definition) is 4. The van der Waals surface area contributed by atoms with Crippen molar-refractivity contribution in [1.82, 2.24) is 0 Å². The molecule has 0 aromatic heterocycles. The number of carbonyl (C=O) groups is 2. The fourth-order valence-electron chi connectivity index (χ4n) is 2.91. The van der Waals surface area contributed by atoms with E-state index >= 15 is 0 Å². The highest BCUT2D eigenvalue weighted by Crippen LogP contribution is 2.35. The largest absolute Gasteiger partial charge is 0.466 e. The molecule has 4 nitrogen and oxygen atoms in total. The van der Waals surface area contributed by atoms with Crippen LogP contribution >= 0.6 is 23.4 Å². The van der Waals surface area contributed by atoms with Crippen molar-refractivity contribution in [3.8, 4) is 0 Å². The standard InChI is InChI=1S/C23H25ClF3NO3S/c1-4-17(7-5-13(2)12-31-14(3)29)32-21-9-15(6-8-18(21)24)23(30)28-16-10-19(25)22(27)20(26)11-16/h6,8-11,13,17H,4-5,7,12H2,1-3H3,(H,28,30). The molecular weight excluding hydrogens is 463 g/mol. The fraction of sp³-hybridized carbons (Fsp3) is 0.391. The summed E-state index contributed by atoms with van der Waals surface area (Å²) in [6, 6.07) is 6.13. The topological polar surface area (TPSA) is 55.4 Å². The van der Waals surface area contributed by atoms with Gasteiger partial charge in [0.1, 0.15) is 0 Å². The van der Waals surface area contributed by atoms with Crippen molar-refractivity contribution < 1.29 is 27.5 Å². The molecule has 0 spiro atoms. The van der Waals surface area contributed by atoms with Crippen LogP contribution in [0.3, 0.4) is 0 Å². The molecule has 9 heteroatoms. The van der Waals surface area contributed by atoms with Gasteiger partial charge in [-0.1, -0.05) is 25.4 Å². The minimum absolute atomic E-state index is 0.191. The van der Waals surface area contributed by atoms with Gasteiger partial charge in [0.25, 0.3) is 5.91 Å². The van der Waals surface area contributed by atoms with E-state index in [1.807, 2.05) is 6.92 Å². The van der Waals surface area contributed by atoms with Crippen LogP contribution < -0.4 is 5.32 Å². The average Bonchev–Trinajstić information content (AvgIpc) is 2.74. The highest BCUT2D eigenvalue weighted by Gasteiger charge is 2.17. The summed E-state index contributed by atoms with van der Waals surface area (Å²) in [6.07, 6.45) is 2.59. The normalized spacial score (nSPS) is 12.8. The predicted molar refractivity (Wildman–Crippen MR) is 121 cm³/mol. The molecule has 2 aromatic rings. The molecule has 32 heavy (non-hydrogen) atoms. The lowest BCUT2D eigenvalue weighted by atomic mass is 10.0. The summed E-state index contributed by atoms with van der Waals surface area (Å²) >= 11 is 7.85. The molecule has 2 unspecified atom stereocenters. The number of thioether (sulfide) groups is 1. The predicted octanol–water partition coefficient (Wildman–Crippen LogP) is 6.86. The Morgan fingerprint density at radius 2 is 1.78 bits per heavy atom. The van der Waals surface area contributed by atoms with E-state index in [2.05, 4.69) is 12.2 Å². The van der Waals surface area contributed by atoms with E-state index in [9.17, 15) is 22.8 Å². The summed E-state index contributed by atoms with van der Waals surface area (Å²) < 4.78 is 44.9. The monoisotopic (exact) mass is 487 g/mol. The number of benzene rings is 2. The molecule has 0 heterocycles. The van der Waals surface area contributed by atoms with Gasteiger partial charge in [0.05, 0.1) is 11.6 Å². The van der Waals surface area contributed by atoms with Crippen molar-refractivity contribution in [2.45, 2.75) is 50.2 Å². The van der Waals surface area contributed by atoms with Crippen LogP contribution in [-0.4, -0.2) is 23.7 Å².